The third kappa shape index (κ3) is 2.82. The topological polar surface area (TPSA) is 68.3 Å². The van der Waals surface area contributed by atoms with E-state index in [2.05, 4.69) is 5.32 Å². The number of amides is 1. The van der Waals surface area contributed by atoms with Gasteiger partial charge in [-0.1, -0.05) is 6.07 Å². The quantitative estimate of drug-likeness (QED) is 0.819. The maximum Gasteiger partial charge on any atom is 0.291 e. The summed E-state index contributed by atoms with van der Waals surface area (Å²) >= 11 is 1.62. The molecule has 0 aliphatic heterocycles. The van der Waals surface area contributed by atoms with E-state index in [-0.39, 0.29) is 17.6 Å². The fourth-order valence-electron chi connectivity index (χ4n) is 1.37. The van der Waals surface area contributed by atoms with Crippen LogP contribution in [-0.4, -0.2) is 12.2 Å². The summed E-state index contributed by atoms with van der Waals surface area (Å²) in [6, 6.07) is 10.7. The molecule has 17 heavy (non-hydrogen) atoms. The Morgan fingerprint density at radius 1 is 1.35 bits per heavy atom. The van der Waals surface area contributed by atoms with Crippen LogP contribution < -0.4 is 11.1 Å². The van der Waals surface area contributed by atoms with E-state index in [4.69, 9.17) is 10.2 Å². The predicted molar refractivity (Wildman–Crippen MR) is 69.3 cm³/mol. The first-order chi connectivity index (χ1) is 8.19. The van der Waals surface area contributed by atoms with Gasteiger partial charge in [0.1, 0.15) is 0 Å². The van der Waals surface area contributed by atoms with Crippen LogP contribution >= 0.6 is 11.8 Å². The fraction of sp³-hybridized carbons (Fsp3) is 0.0833. The first kappa shape index (κ1) is 11.6. The van der Waals surface area contributed by atoms with Gasteiger partial charge >= 0.3 is 0 Å². The van der Waals surface area contributed by atoms with Gasteiger partial charge in [-0.15, -0.1) is 11.8 Å². The summed E-state index contributed by atoms with van der Waals surface area (Å²) in [6.07, 6.45) is 1.98. The van der Waals surface area contributed by atoms with Crippen molar-refractivity contribution in [2.75, 3.05) is 17.3 Å². The van der Waals surface area contributed by atoms with Crippen molar-refractivity contribution in [3.8, 4) is 0 Å². The smallest absolute Gasteiger partial charge is 0.291 e. The maximum atomic E-state index is 11.8. The van der Waals surface area contributed by atoms with Gasteiger partial charge in [-0.3, -0.25) is 4.79 Å². The van der Waals surface area contributed by atoms with Crippen molar-refractivity contribution < 1.29 is 9.21 Å². The van der Waals surface area contributed by atoms with Gasteiger partial charge in [0.15, 0.2) is 11.6 Å². The van der Waals surface area contributed by atoms with Gasteiger partial charge in [0, 0.05) is 16.6 Å². The van der Waals surface area contributed by atoms with Gasteiger partial charge in [0.05, 0.1) is 0 Å². The van der Waals surface area contributed by atoms with Crippen LogP contribution in [0.2, 0.25) is 0 Å². The molecule has 0 spiro atoms. The van der Waals surface area contributed by atoms with E-state index in [1.165, 1.54) is 0 Å². The summed E-state index contributed by atoms with van der Waals surface area (Å²) in [4.78, 5) is 12.8. The molecule has 0 bridgehead atoms. The maximum absolute atomic E-state index is 11.8. The SMILES string of the molecule is CSc1cccc(NC(=O)c2ccc(N)o2)c1. The van der Waals surface area contributed by atoms with E-state index in [0.29, 0.717) is 0 Å². The minimum Gasteiger partial charge on any atom is -0.436 e. The molecule has 0 unspecified atom stereocenters. The van der Waals surface area contributed by atoms with Crippen molar-refractivity contribution in [3.63, 3.8) is 0 Å². The van der Waals surface area contributed by atoms with Gasteiger partial charge in [0.2, 0.25) is 0 Å². The van der Waals surface area contributed by atoms with Crippen molar-refractivity contribution >= 4 is 29.2 Å². The second-order valence-corrected chi connectivity index (χ2v) is 4.27. The number of hydrogen-bond acceptors (Lipinski definition) is 4. The van der Waals surface area contributed by atoms with Gasteiger partial charge in [-0.25, -0.2) is 0 Å². The Bertz CT molecular complexity index is 537. The highest BCUT2D eigenvalue weighted by Crippen LogP contribution is 2.20. The molecule has 1 amide bonds. The second-order valence-electron chi connectivity index (χ2n) is 3.39. The first-order valence-electron chi connectivity index (χ1n) is 5.00. The van der Waals surface area contributed by atoms with Gasteiger partial charge < -0.3 is 15.5 Å². The van der Waals surface area contributed by atoms with Crippen LogP contribution in [0, 0.1) is 0 Å². The lowest BCUT2D eigenvalue weighted by molar-refractivity contribution is 0.0997. The zero-order chi connectivity index (χ0) is 12.3. The zero-order valence-corrected chi connectivity index (χ0v) is 10.1. The molecule has 2 aromatic rings. The van der Waals surface area contributed by atoms with Crippen LogP contribution in [0.3, 0.4) is 0 Å². The molecule has 0 aliphatic rings. The molecular formula is C12H12N2O2S. The van der Waals surface area contributed by atoms with Crippen LogP contribution in [0.5, 0.6) is 0 Å². The lowest BCUT2D eigenvalue weighted by Crippen LogP contribution is -2.10. The van der Waals surface area contributed by atoms with E-state index in [1.54, 1.807) is 23.9 Å². The number of hydrogen-bond donors (Lipinski definition) is 2. The Morgan fingerprint density at radius 2 is 2.18 bits per heavy atom. The standard InChI is InChI=1S/C12H12N2O2S/c1-17-9-4-2-3-8(7-9)14-12(15)10-5-6-11(13)16-10/h2-7H,13H2,1H3,(H,14,15). The van der Waals surface area contributed by atoms with Crippen LogP contribution in [0.15, 0.2) is 45.7 Å². The van der Waals surface area contributed by atoms with Crippen molar-refractivity contribution in [2.45, 2.75) is 4.90 Å². The third-order valence-corrected chi connectivity index (χ3v) is 2.90. The Hall–Kier alpha value is -1.88. The molecule has 0 atom stereocenters. The minimum atomic E-state index is -0.306. The van der Waals surface area contributed by atoms with Crippen LogP contribution in [0.4, 0.5) is 11.6 Å². The monoisotopic (exact) mass is 248 g/mol. The van der Waals surface area contributed by atoms with E-state index in [9.17, 15) is 4.79 Å². The normalized spacial score (nSPS) is 10.2. The van der Waals surface area contributed by atoms with Crippen molar-refractivity contribution in [2.24, 2.45) is 0 Å². The molecule has 88 valence electrons. The highest BCUT2D eigenvalue weighted by atomic mass is 32.2. The zero-order valence-electron chi connectivity index (χ0n) is 9.27. The number of anilines is 2. The van der Waals surface area contributed by atoms with Crippen LogP contribution in [-0.2, 0) is 0 Å². The summed E-state index contributed by atoms with van der Waals surface area (Å²) in [5.74, 6) is 0.130. The number of carbonyl (C=O) groups excluding carboxylic acids is 1. The average molecular weight is 248 g/mol. The average Bonchev–Trinajstić information content (AvgIpc) is 2.76. The third-order valence-electron chi connectivity index (χ3n) is 2.18. The number of furan rings is 1. The minimum absolute atomic E-state index is 0.206. The number of thioether (sulfide) groups is 1. The first-order valence-corrected chi connectivity index (χ1v) is 6.22. The summed E-state index contributed by atoms with van der Waals surface area (Å²) < 4.78 is 5.03. The molecule has 1 heterocycles. The molecule has 5 heteroatoms. The van der Waals surface area contributed by atoms with Crippen molar-refractivity contribution in [1.82, 2.24) is 0 Å². The van der Waals surface area contributed by atoms with Crippen molar-refractivity contribution in [3.05, 3.63) is 42.2 Å². The Morgan fingerprint density at radius 3 is 2.82 bits per heavy atom. The van der Waals surface area contributed by atoms with Crippen molar-refractivity contribution in [1.29, 1.82) is 0 Å². The number of nitrogens with two attached hydrogens (primary N) is 1. The Kier molecular flexibility index (Phi) is 3.39. The van der Waals surface area contributed by atoms with E-state index < -0.39 is 0 Å². The van der Waals surface area contributed by atoms with E-state index in [0.717, 1.165) is 10.6 Å². The number of benzene rings is 1. The lowest BCUT2D eigenvalue weighted by atomic mass is 10.3. The van der Waals surface area contributed by atoms with Gasteiger partial charge in [-0.2, -0.15) is 0 Å². The summed E-state index contributed by atoms with van der Waals surface area (Å²) in [7, 11) is 0. The number of rotatable bonds is 3. The molecule has 0 fully saturated rings. The number of nitrogens with one attached hydrogen (secondary N) is 1. The summed E-state index contributed by atoms with van der Waals surface area (Å²) in [5, 5.41) is 2.74. The van der Waals surface area contributed by atoms with E-state index in [1.807, 2.05) is 30.5 Å². The van der Waals surface area contributed by atoms with Gasteiger partial charge in [0.25, 0.3) is 5.91 Å². The predicted octanol–water partition coefficient (Wildman–Crippen LogP) is 2.84. The molecule has 4 nitrogen and oxygen atoms in total. The molecule has 1 aromatic heterocycles. The highest BCUT2D eigenvalue weighted by Gasteiger charge is 2.10. The number of carbonyl (C=O) groups is 1. The molecule has 2 rings (SSSR count). The summed E-state index contributed by atoms with van der Waals surface area (Å²) in [6.45, 7) is 0. The largest absolute Gasteiger partial charge is 0.436 e. The summed E-state index contributed by atoms with van der Waals surface area (Å²) in [5.41, 5.74) is 6.14. The molecule has 1 aromatic carbocycles. The fourth-order valence-corrected chi connectivity index (χ4v) is 1.83. The Balaban J connectivity index is 2.12. The second kappa shape index (κ2) is 4.97. The van der Waals surface area contributed by atoms with Crippen LogP contribution in [0.1, 0.15) is 10.6 Å². The highest BCUT2D eigenvalue weighted by molar-refractivity contribution is 7.98. The number of nitrogen functional groups attached to an aromatic ring is 1. The molecule has 0 saturated heterocycles. The van der Waals surface area contributed by atoms with Gasteiger partial charge in [-0.05, 0) is 30.5 Å². The molecule has 0 saturated carbocycles. The van der Waals surface area contributed by atoms with E-state index >= 15 is 0 Å². The molecular weight excluding hydrogens is 236 g/mol. The lowest BCUT2D eigenvalue weighted by Gasteiger charge is -2.04. The molecule has 0 radical (unpaired) electrons. The van der Waals surface area contributed by atoms with Crippen LogP contribution in [0.25, 0.3) is 0 Å². The molecule has 0 aliphatic carbocycles. The Labute approximate surface area is 103 Å². The molecule has 3 N–H and O–H groups in total.